The van der Waals surface area contributed by atoms with Crippen molar-refractivity contribution < 1.29 is 16.7 Å². The molecule has 5 rings (SSSR count). The van der Waals surface area contributed by atoms with E-state index in [4.69, 9.17) is 13.2 Å². The monoisotopic (exact) mass is 399 g/mol. The third kappa shape index (κ3) is 3.00. The molecule has 2 bridgehead atoms. The number of ether oxygens (including phenoxy) is 1. The molecule has 1 unspecified atom stereocenters. The average Bonchev–Trinajstić information content (AvgIpc) is 3.31. The molecule has 29 heavy (non-hydrogen) atoms. The van der Waals surface area contributed by atoms with Gasteiger partial charge in [0.25, 0.3) is 5.91 Å². The van der Waals surface area contributed by atoms with Crippen LogP contribution in [-0.4, -0.2) is 45.1 Å². The van der Waals surface area contributed by atoms with Gasteiger partial charge in [0.15, 0.2) is 11.5 Å². The zero-order chi connectivity index (χ0) is 21.8. The molecule has 3 aromatic rings. The molecule has 3 aromatic heterocycles. The highest BCUT2D eigenvalue weighted by Gasteiger charge is 2.31. The summed E-state index contributed by atoms with van der Waals surface area (Å²) >= 11 is 0. The fourth-order valence-electron chi connectivity index (χ4n) is 3.88. The van der Waals surface area contributed by atoms with Crippen molar-refractivity contribution in [1.82, 2.24) is 24.9 Å². The number of aromatic nitrogens is 4. The van der Waals surface area contributed by atoms with Gasteiger partial charge in [0, 0.05) is 27.5 Å². The van der Waals surface area contributed by atoms with Gasteiger partial charge in [0.1, 0.15) is 17.2 Å². The third-order valence-corrected chi connectivity index (χ3v) is 5.14. The normalized spacial score (nSPS) is 22.2. The van der Waals surface area contributed by atoms with E-state index < -0.39 is 18.2 Å². The first-order valence-electron chi connectivity index (χ1n) is 10.3. The number of carbonyl (C=O) groups is 1. The number of hydrogen-bond donors (Lipinski definition) is 2. The number of nitrogens with zero attached hydrogens (tertiary/aromatic N) is 5. The van der Waals surface area contributed by atoms with E-state index in [0.29, 0.717) is 17.9 Å². The number of rotatable bonds is 0. The Morgan fingerprint density at radius 3 is 3.21 bits per heavy atom. The highest BCUT2D eigenvalue weighted by atomic mass is 19.1. The zero-order valence-corrected chi connectivity index (χ0v) is 15.4. The van der Waals surface area contributed by atoms with Gasteiger partial charge in [-0.25, -0.2) is 18.9 Å². The Balaban J connectivity index is 1.69. The van der Waals surface area contributed by atoms with Crippen LogP contribution in [0.25, 0.3) is 5.65 Å². The molecule has 10 heteroatoms. The van der Waals surface area contributed by atoms with Gasteiger partial charge in [-0.15, -0.1) is 5.10 Å². The van der Waals surface area contributed by atoms with Crippen molar-refractivity contribution in [3.63, 3.8) is 0 Å². The van der Waals surface area contributed by atoms with Crippen LogP contribution in [0.1, 0.15) is 44.0 Å². The quantitative estimate of drug-likeness (QED) is 0.592. The Morgan fingerprint density at radius 2 is 2.31 bits per heavy atom. The van der Waals surface area contributed by atoms with Crippen LogP contribution in [0.4, 0.5) is 16.0 Å². The summed E-state index contributed by atoms with van der Waals surface area (Å²) in [6, 6.07) is 2.91. The van der Waals surface area contributed by atoms with E-state index in [2.05, 4.69) is 20.4 Å². The van der Waals surface area contributed by atoms with Crippen LogP contribution < -0.4 is 20.7 Å². The minimum atomic E-state index is -2.08. The number of nitrogens with two attached hydrogens (primary N) is 1. The molecule has 2 aliphatic heterocycles. The standard InChI is InChI=1S/C19H20FN7O2/c20-11-9-12-13-3-1-6-26(13)14-4-7-27-17(24-14)15(16(21)25-27)18(28)22-5-2-8-29-19(12)23-10-11/h4,7,9-10,13H,1-3,5-6,8H2,(H2,21,25)(H,22,28)/i5D2. The molecule has 1 saturated heterocycles. The highest BCUT2D eigenvalue weighted by molar-refractivity contribution is 6.04. The predicted octanol–water partition coefficient (Wildman–Crippen LogP) is 1.70. The summed E-state index contributed by atoms with van der Waals surface area (Å²) in [5.74, 6) is -0.423. The first kappa shape index (κ1) is 15.5. The van der Waals surface area contributed by atoms with Gasteiger partial charge in [-0.3, -0.25) is 4.79 Å². The van der Waals surface area contributed by atoms with Crippen molar-refractivity contribution >= 4 is 23.2 Å². The fraction of sp³-hybridized carbons (Fsp3) is 0.368. The summed E-state index contributed by atoms with van der Waals surface area (Å²) in [6.07, 6.45) is 4.16. The van der Waals surface area contributed by atoms with E-state index in [1.54, 1.807) is 12.3 Å². The van der Waals surface area contributed by atoms with E-state index in [1.165, 1.54) is 10.6 Å². The second kappa shape index (κ2) is 6.87. The summed E-state index contributed by atoms with van der Waals surface area (Å²) in [7, 11) is 0. The van der Waals surface area contributed by atoms with Gasteiger partial charge in [-0.1, -0.05) is 0 Å². The maximum absolute atomic E-state index is 14.1. The van der Waals surface area contributed by atoms with Crippen LogP contribution in [0.3, 0.4) is 0 Å². The van der Waals surface area contributed by atoms with Crippen molar-refractivity contribution in [1.29, 1.82) is 0 Å². The van der Waals surface area contributed by atoms with Gasteiger partial charge in [-0.2, -0.15) is 0 Å². The lowest BCUT2D eigenvalue weighted by Gasteiger charge is -2.27. The number of hydrogen-bond acceptors (Lipinski definition) is 7. The van der Waals surface area contributed by atoms with Gasteiger partial charge < -0.3 is 20.7 Å². The van der Waals surface area contributed by atoms with Crippen molar-refractivity contribution in [2.75, 3.05) is 30.3 Å². The maximum Gasteiger partial charge on any atom is 0.258 e. The van der Waals surface area contributed by atoms with E-state index in [-0.39, 0.29) is 42.0 Å². The Hall–Kier alpha value is -3.43. The van der Waals surface area contributed by atoms with E-state index in [0.717, 1.165) is 19.0 Å². The predicted molar refractivity (Wildman–Crippen MR) is 103 cm³/mol. The van der Waals surface area contributed by atoms with Crippen LogP contribution in [0.15, 0.2) is 24.5 Å². The molecule has 3 N–H and O–H groups in total. The maximum atomic E-state index is 14.1. The van der Waals surface area contributed by atoms with Crippen molar-refractivity contribution in [3.05, 3.63) is 41.5 Å². The number of nitrogen functional groups attached to an aromatic ring is 1. The molecular weight excluding hydrogens is 377 g/mol. The molecule has 9 nitrogen and oxygen atoms in total. The molecule has 0 aromatic carbocycles. The Bertz CT molecular complexity index is 1190. The van der Waals surface area contributed by atoms with Crippen molar-refractivity contribution in [3.8, 4) is 5.88 Å². The van der Waals surface area contributed by atoms with E-state index >= 15 is 0 Å². The van der Waals surface area contributed by atoms with Gasteiger partial charge in [0.05, 0.1) is 18.8 Å². The summed E-state index contributed by atoms with van der Waals surface area (Å²) in [5.41, 5.74) is 6.76. The molecule has 1 fully saturated rings. The highest BCUT2D eigenvalue weighted by Crippen LogP contribution is 2.39. The molecule has 0 saturated carbocycles. The Labute approximate surface area is 168 Å². The molecule has 1 amide bonds. The van der Waals surface area contributed by atoms with Crippen LogP contribution in [-0.2, 0) is 0 Å². The van der Waals surface area contributed by atoms with Gasteiger partial charge in [-0.05, 0) is 31.4 Å². The number of anilines is 2. The van der Waals surface area contributed by atoms with Crippen molar-refractivity contribution in [2.24, 2.45) is 0 Å². The largest absolute Gasteiger partial charge is 0.477 e. The minimum Gasteiger partial charge on any atom is -0.477 e. The average molecular weight is 399 g/mol. The first-order chi connectivity index (χ1) is 14.8. The Kier molecular flexibility index (Phi) is 3.67. The second-order valence-electron chi connectivity index (χ2n) is 6.94. The molecule has 0 radical (unpaired) electrons. The fourth-order valence-corrected chi connectivity index (χ4v) is 3.88. The topological polar surface area (TPSA) is 111 Å². The molecule has 5 heterocycles. The zero-order valence-electron chi connectivity index (χ0n) is 17.4. The number of pyridine rings is 1. The number of carbonyl (C=O) groups excluding carboxylic acids is 1. The van der Waals surface area contributed by atoms with Crippen LogP contribution in [0.2, 0.25) is 0 Å². The van der Waals surface area contributed by atoms with Crippen molar-refractivity contribution in [2.45, 2.75) is 25.3 Å². The van der Waals surface area contributed by atoms with Crippen LogP contribution in [0, 0.1) is 5.82 Å². The molecule has 150 valence electrons. The summed E-state index contributed by atoms with van der Waals surface area (Å²) in [5, 5.41) is 6.46. The van der Waals surface area contributed by atoms with Gasteiger partial charge >= 0.3 is 0 Å². The molecule has 0 spiro atoms. The third-order valence-electron chi connectivity index (χ3n) is 5.14. The Morgan fingerprint density at radius 1 is 1.41 bits per heavy atom. The summed E-state index contributed by atoms with van der Waals surface area (Å²) < 4.78 is 37.5. The first-order valence-corrected chi connectivity index (χ1v) is 9.35. The minimum absolute atomic E-state index is 0.00700. The van der Waals surface area contributed by atoms with Crippen LogP contribution in [0.5, 0.6) is 5.88 Å². The number of fused-ring (bicyclic) bond motifs is 5. The lowest BCUT2D eigenvalue weighted by atomic mass is 10.1. The summed E-state index contributed by atoms with van der Waals surface area (Å²) in [6.45, 7) is -1.47. The van der Waals surface area contributed by atoms with Crippen LogP contribution >= 0.6 is 0 Å². The smallest absolute Gasteiger partial charge is 0.258 e. The summed E-state index contributed by atoms with van der Waals surface area (Å²) in [4.78, 5) is 23.5. The lowest BCUT2D eigenvalue weighted by molar-refractivity contribution is 0.0953. The number of amides is 1. The van der Waals surface area contributed by atoms with E-state index in [1.807, 2.05) is 4.90 Å². The molecule has 1 atom stereocenters. The number of halogens is 1. The van der Waals surface area contributed by atoms with E-state index in [9.17, 15) is 9.18 Å². The molecule has 2 aliphatic rings. The van der Waals surface area contributed by atoms with Gasteiger partial charge in [0.2, 0.25) is 5.88 Å². The lowest BCUT2D eigenvalue weighted by Crippen LogP contribution is -2.28. The SMILES string of the molecule is [2H]C1([2H])CCOc2ncc(F)cc2C2CCCN2c2ccn3nc(N)c(c3n2)C(=O)N1. The molecular formula is C19H20FN7O2. The molecule has 0 aliphatic carbocycles. The number of nitrogens with one attached hydrogen (secondary N) is 1. The second-order valence-corrected chi connectivity index (χ2v) is 6.94.